The summed E-state index contributed by atoms with van der Waals surface area (Å²) in [4.78, 5) is 34.9. The number of carbonyl (C=O) groups excluding carboxylic acids is 2. The fraction of sp³-hybridized carbons (Fsp3) is 0.364. The van der Waals surface area contributed by atoms with Gasteiger partial charge in [0.2, 0.25) is 5.91 Å². The normalized spacial score (nSPS) is 11.7. The number of nitrogens with one attached hydrogen (secondary N) is 2. The van der Waals surface area contributed by atoms with E-state index in [-0.39, 0.29) is 12.5 Å². The zero-order chi connectivity index (χ0) is 13.7. The zero-order valence-electron chi connectivity index (χ0n) is 10.0. The quantitative estimate of drug-likeness (QED) is 0.720. The topological polar surface area (TPSA) is 95.5 Å². The minimum absolute atomic E-state index is 0.243. The molecule has 1 aromatic rings. The van der Waals surface area contributed by atoms with Crippen molar-refractivity contribution in [3.63, 3.8) is 0 Å². The lowest BCUT2D eigenvalue weighted by molar-refractivity contribution is -0.141. The molecule has 1 atom stereocenters. The molecule has 3 N–H and O–H groups in total. The highest BCUT2D eigenvalue weighted by atomic mass is 32.1. The summed E-state index contributed by atoms with van der Waals surface area (Å²) in [5, 5.41) is 13.3. The predicted octanol–water partition coefficient (Wildman–Crippen LogP) is 0.376. The van der Waals surface area contributed by atoms with Crippen LogP contribution in [-0.2, 0) is 9.59 Å². The Labute approximate surface area is 108 Å². The third-order valence-corrected chi connectivity index (χ3v) is 3.12. The van der Waals surface area contributed by atoms with Gasteiger partial charge in [-0.05, 0) is 26.0 Å². The molecule has 1 aromatic heterocycles. The molecule has 1 rings (SSSR count). The number of thiophene rings is 1. The van der Waals surface area contributed by atoms with E-state index >= 15 is 0 Å². The summed E-state index contributed by atoms with van der Waals surface area (Å²) in [5.41, 5.74) is 0. The van der Waals surface area contributed by atoms with E-state index in [1.54, 1.807) is 6.07 Å². The summed E-state index contributed by atoms with van der Waals surface area (Å²) in [7, 11) is 0. The first-order chi connectivity index (χ1) is 8.40. The Morgan fingerprint density at radius 3 is 2.56 bits per heavy atom. The Morgan fingerprint density at radius 2 is 2.06 bits per heavy atom. The molecule has 6 nitrogen and oxygen atoms in total. The summed E-state index contributed by atoms with van der Waals surface area (Å²) in [6.45, 7) is 2.99. The molecule has 0 aromatic carbocycles. The SMILES string of the molecule is Cc1ccc(C(=O)NCC(=O)NC(C)C(=O)O)s1. The van der Waals surface area contributed by atoms with E-state index in [2.05, 4.69) is 10.6 Å². The maximum atomic E-state index is 11.6. The molecule has 0 aliphatic carbocycles. The third-order valence-electron chi connectivity index (χ3n) is 2.12. The highest BCUT2D eigenvalue weighted by molar-refractivity contribution is 7.13. The number of amides is 2. The van der Waals surface area contributed by atoms with Crippen molar-refractivity contribution in [3.8, 4) is 0 Å². The van der Waals surface area contributed by atoms with Gasteiger partial charge in [0.1, 0.15) is 6.04 Å². The van der Waals surface area contributed by atoms with Crippen LogP contribution in [-0.4, -0.2) is 35.5 Å². The van der Waals surface area contributed by atoms with Crippen LogP contribution in [0.4, 0.5) is 0 Å². The lowest BCUT2D eigenvalue weighted by atomic mass is 10.3. The fourth-order valence-corrected chi connectivity index (χ4v) is 1.94. The van der Waals surface area contributed by atoms with Crippen molar-refractivity contribution in [2.24, 2.45) is 0 Å². The lowest BCUT2D eigenvalue weighted by Crippen LogP contribution is -2.43. The second-order valence-corrected chi connectivity index (χ2v) is 5.01. The molecule has 0 saturated heterocycles. The average Bonchev–Trinajstić information content (AvgIpc) is 2.72. The molecule has 0 spiro atoms. The predicted molar refractivity (Wildman–Crippen MR) is 66.6 cm³/mol. The second kappa shape index (κ2) is 6.15. The lowest BCUT2D eigenvalue weighted by Gasteiger charge is -2.09. The first-order valence-electron chi connectivity index (χ1n) is 5.27. The molecular formula is C11H14N2O4S. The van der Waals surface area contributed by atoms with E-state index in [1.807, 2.05) is 13.0 Å². The third kappa shape index (κ3) is 4.17. The molecule has 0 fully saturated rings. The van der Waals surface area contributed by atoms with E-state index in [0.29, 0.717) is 4.88 Å². The average molecular weight is 270 g/mol. The van der Waals surface area contributed by atoms with Crippen LogP contribution in [0.25, 0.3) is 0 Å². The molecule has 18 heavy (non-hydrogen) atoms. The van der Waals surface area contributed by atoms with E-state index in [1.165, 1.54) is 18.3 Å². The van der Waals surface area contributed by atoms with Crippen molar-refractivity contribution in [2.45, 2.75) is 19.9 Å². The van der Waals surface area contributed by atoms with Gasteiger partial charge in [-0.15, -0.1) is 11.3 Å². The van der Waals surface area contributed by atoms with E-state index in [9.17, 15) is 14.4 Å². The van der Waals surface area contributed by atoms with Crippen LogP contribution in [0.5, 0.6) is 0 Å². The van der Waals surface area contributed by atoms with Crippen molar-refractivity contribution < 1.29 is 19.5 Å². The van der Waals surface area contributed by atoms with Gasteiger partial charge in [0.25, 0.3) is 5.91 Å². The Hall–Kier alpha value is -1.89. The van der Waals surface area contributed by atoms with Crippen molar-refractivity contribution in [2.75, 3.05) is 6.54 Å². The summed E-state index contributed by atoms with van der Waals surface area (Å²) in [5.74, 6) is -2.00. The number of carboxylic acids is 1. The Bertz CT molecular complexity index is 469. The van der Waals surface area contributed by atoms with Gasteiger partial charge in [-0.2, -0.15) is 0 Å². The first-order valence-corrected chi connectivity index (χ1v) is 6.08. The summed E-state index contributed by atoms with van der Waals surface area (Å²) in [6.07, 6.45) is 0. The van der Waals surface area contributed by atoms with E-state index in [4.69, 9.17) is 5.11 Å². The molecule has 0 aliphatic rings. The minimum Gasteiger partial charge on any atom is -0.480 e. The van der Waals surface area contributed by atoms with Crippen molar-refractivity contribution in [1.82, 2.24) is 10.6 Å². The van der Waals surface area contributed by atoms with E-state index < -0.39 is 17.9 Å². The highest BCUT2D eigenvalue weighted by Crippen LogP contribution is 2.14. The van der Waals surface area contributed by atoms with Gasteiger partial charge >= 0.3 is 5.97 Å². The second-order valence-electron chi connectivity index (χ2n) is 3.72. The van der Waals surface area contributed by atoms with Crippen LogP contribution >= 0.6 is 11.3 Å². The number of aryl methyl sites for hydroxylation is 1. The molecule has 1 unspecified atom stereocenters. The van der Waals surface area contributed by atoms with Crippen LogP contribution in [0, 0.1) is 6.92 Å². The van der Waals surface area contributed by atoms with Gasteiger partial charge in [0, 0.05) is 4.88 Å². The van der Waals surface area contributed by atoms with Gasteiger partial charge in [0.05, 0.1) is 11.4 Å². The molecule has 2 amide bonds. The highest BCUT2D eigenvalue weighted by Gasteiger charge is 2.15. The Morgan fingerprint density at radius 1 is 1.39 bits per heavy atom. The molecular weight excluding hydrogens is 256 g/mol. The number of hydrogen-bond donors (Lipinski definition) is 3. The molecule has 0 radical (unpaired) electrons. The molecule has 1 heterocycles. The standard InChI is InChI=1S/C11H14N2O4S/c1-6-3-4-8(18-6)10(15)12-5-9(14)13-7(2)11(16)17/h3-4,7H,5H2,1-2H3,(H,12,15)(H,13,14)(H,16,17). The number of carboxylic acid groups (broad SMARTS) is 1. The largest absolute Gasteiger partial charge is 0.480 e. The Kier molecular flexibility index (Phi) is 4.85. The van der Waals surface area contributed by atoms with Crippen molar-refractivity contribution in [3.05, 3.63) is 21.9 Å². The van der Waals surface area contributed by atoms with Crippen LogP contribution in [0.2, 0.25) is 0 Å². The van der Waals surface area contributed by atoms with Gasteiger partial charge < -0.3 is 15.7 Å². The first kappa shape index (κ1) is 14.2. The molecule has 98 valence electrons. The fourth-order valence-electron chi connectivity index (χ4n) is 1.16. The maximum absolute atomic E-state index is 11.6. The van der Waals surface area contributed by atoms with Crippen molar-refractivity contribution in [1.29, 1.82) is 0 Å². The summed E-state index contributed by atoms with van der Waals surface area (Å²) >= 11 is 1.33. The van der Waals surface area contributed by atoms with Crippen LogP contribution in [0.15, 0.2) is 12.1 Å². The van der Waals surface area contributed by atoms with Crippen LogP contribution in [0.3, 0.4) is 0 Å². The summed E-state index contributed by atoms with van der Waals surface area (Å²) < 4.78 is 0. The monoisotopic (exact) mass is 270 g/mol. The van der Waals surface area contributed by atoms with Crippen LogP contribution in [0.1, 0.15) is 21.5 Å². The molecule has 0 aliphatic heterocycles. The minimum atomic E-state index is -1.12. The number of rotatable bonds is 5. The smallest absolute Gasteiger partial charge is 0.325 e. The van der Waals surface area contributed by atoms with Crippen LogP contribution < -0.4 is 10.6 Å². The summed E-state index contributed by atoms with van der Waals surface area (Å²) in [6, 6.07) is 2.51. The van der Waals surface area contributed by atoms with E-state index in [0.717, 1.165) is 4.88 Å². The molecule has 0 saturated carbocycles. The number of carbonyl (C=O) groups is 3. The zero-order valence-corrected chi connectivity index (χ0v) is 10.8. The van der Waals surface area contributed by atoms with Gasteiger partial charge in [-0.1, -0.05) is 0 Å². The van der Waals surface area contributed by atoms with Gasteiger partial charge in [0.15, 0.2) is 0 Å². The molecule has 0 bridgehead atoms. The van der Waals surface area contributed by atoms with Gasteiger partial charge in [-0.3, -0.25) is 14.4 Å². The van der Waals surface area contributed by atoms with Crippen molar-refractivity contribution >= 4 is 29.1 Å². The van der Waals surface area contributed by atoms with Gasteiger partial charge in [-0.25, -0.2) is 0 Å². The molecule has 7 heteroatoms. The number of aliphatic carboxylic acids is 1. The number of hydrogen-bond acceptors (Lipinski definition) is 4. The Balaban J connectivity index is 2.39. The maximum Gasteiger partial charge on any atom is 0.325 e.